The molecule has 98 valence electrons. The average Bonchev–Trinajstić information content (AvgIpc) is 2.38. The van der Waals surface area contributed by atoms with Gasteiger partial charge in [0, 0.05) is 18.5 Å². The highest BCUT2D eigenvalue weighted by molar-refractivity contribution is 5.98. The molecule has 0 radical (unpaired) electrons. The molecule has 18 heavy (non-hydrogen) atoms. The number of ketones is 1. The van der Waals surface area contributed by atoms with E-state index in [-0.39, 0.29) is 5.78 Å². The Bertz CT molecular complexity index is 445. The molecule has 4 nitrogen and oxygen atoms in total. The van der Waals surface area contributed by atoms with Gasteiger partial charge in [-0.25, -0.2) is 0 Å². The number of nitrogens with one attached hydrogen (secondary N) is 1. The summed E-state index contributed by atoms with van der Waals surface area (Å²) in [5, 5.41) is 22.6. The van der Waals surface area contributed by atoms with Gasteiger partial charge in [0.25, 0.3) is 0 Å². The molecule has 1 aromatic rings. The van der Waals surface area contributed by atoms with E-state index < -0.39 is 12.2 Å². The summed E-state index contributed by atoms with van der Waals surface area (Å²) >= 11 is 0. The van der Waals surface area contributed by atoms with E-state index in [1.54, 1.807) is 19.2 Å². The minimum Gasteiger partial charge on any atom is -0.389 e. The summed E-state index contributed by atoms with van der Waals surface area (Å²) in [4.78, 5) is 11.8. The van der Waals surface area contributed by atoms with Gasteiger partial charge in [0.15, 0.2) is 5.78 Å². The molecule has 2 rings (SSSR count). The molecular weight excluding hydrogens is 230 g/mol. The summed E-state index contributed by atoms with van der Waals surface area (Å²) in [5.41, 5.74) is 2.35. The van der Waals surface area contributed by atoms with Crippen LogP contribution in [-0.2, 0) is 6.42 Å². The van der Waals surface area contributed by atoms with Gasteiger partial charge in [0.2, 0.25) is 0 Å². The van der Waals surface area contributed by atoms with Crippen molar-refractivity contribution in [3.05, 3.63) is 34.9 Å². The van der Waals surface area contributed by atoms with Crippen LogP contribution in [0.2, 0.25) is 0 Å². The molecule has 0 bridgehead atoms. The predicted octanol–water partition coefficient (Wildman–Crippen LogP) is 0.819. The molecule has 0 fully saturated rings. The van der Waals surface area contributed by atoms with Crippen LogP contribution in [0.3, 0.4) is 0 Å². The SMILES string of the molecule is CNCC(O)C(O)c1ccc2c(c1)C(=O)CCC2. The van der Waals surface area contributed by atoms with Gasteiger partial charge >= 0.3 is 0 Å². The molecule has 0 saturated heterocycles. The third-order valence-corrected chi connectivity index (χ3v) is 3.40. The Morgan fingerprint density at radius 2 is 2.11 bits per heavy atom. The van der Waals surface area contributed by atoms with E-state index in [1.807, 2.05) is 6.07 Å². The molecule has 3 N–H and O–H groups in total. The Labute approximate surface area is 107 Å². The molecule has 0 spiro atoms. The van der Waals surface area contributed by atoms with Crippen LogP contribution in [0.1, 0.15) is 40.4 Å². The normalized spacial score (nSPS) is 18.3. The number of hydrogen-bond acceptors (Lipinski definition) is 4. The number of Topliss-reactive ketones (excluding diaryl/α,β-unsaturated/α-hetero) is 1. The van der Waals surface area contributed by atoms with Crippen LogP contribution in [0.4, 0.5) is 0 Å². The first kappa shape index (κ1) is 13.2. The zero-order valence-electron chi connectivity index (χ0n) is 10.5. The van der Waals surface area contributed by atoms with Crippen molar-refractivity contribution in [2.24, 2.45) is 0 Å². The number of fused-ring (bicyclic) bond motifs is 1. The zero-order valence-corrected chi connectivity index (χ0v) is 10.5. The lowest BCUT2D eigenvalue weighted by molar-refractivity contribution is 0.0202. The zero-order chi connectivity index (χ0) is 13.1. The summed E-state index contributed by atoms with van der Waals surface area (Å²) in [5.74, 6) is 0.133. The number of benzene rings is 1. The Balaban J connectivity index is 2.25. The third kappa shape index (κ3) is 2.61. The fourth-order valence-electron chi connectivity index (χ4n) is 2.37. The molecule has 0 aromatic heterocycles. The second-order valence-electron chi connectivity index (χ2n) is 4.76. The molecule has 0 saturated carbocycles. The first-order valence-corrected chi connectivity index (χ1v) is 6.30. The number of aryl methyl sites for hydroxylation is 1. The first-order valence-electron chi connectivity index (χ1n) is 6.30. The number of hydrogen-bond donors (Lipinski definition) is 3. The van der Waals surface area contributed by atoms with E-state index in [1.165, 1.54) is 0 Å². The van der Waals surface area contributed by atoms with E-state index in [4.69, 9.17) is 0 Å². The van der Waals surface area contributed by atoms with Gasteiger partial charge in [0.1, 0.15) is 6.10 Å². The highest BCUT2D eigenvalue weighted by Crippen LogP contribution is 2.26. The number of carbonyl (C=O) groups excluding carboxylic acids is 1. The van der Waals surface area contributed by atoms with E-state index in [0.29, 0.717) is 24.1 Å². The van der Waals surface area contributed by atoms with Crippen LogP contribution in [-0.4, -0.2) is 35.7 Å². The van der Waals surface area contributed by atoms with Crippen molar-refractivity contribution < 1.29 is 15.0 Å². The Hall–Kier alpha value is -1.23. The van der Waals surface area contributed by atoms with Crippen LogP contribution < -0.4 is 5.32 Å². The molecule has 0 amide bonds. The Morgan fingerprint density at radius 3 is 2.83 bits per heavy atom. The van der Waals surface area contributed by atoms with Gasteiger partial charge in [-0.2, -0.15) is 0 Å². The molecule has 1 aliphatic carbocycles. The summed E-state index contributed by atoms with van der Waals surface area (Å²) in [6.07, 6.45) is 0.558. The molecule has 1 aromatic carbocycles. The number of carbonyl (C=O) groups is 1. The Morgan fingerprint density at radius 1 is 1.33 bits per heavy atom. The van der Waals surface area contributed by atoms with Crippen molar-refractivity contribution in [3.8, 4) is 0 Å². The maximum Gasteiger partial charge on any atom is 0.163 e. The van der Waals surface area contributed by atoms with Crippen molar-refractivity contribution in [1.29, 1.82) is 0 Å². The second kappa shape index (κ2) is 5.61. The maximum atomic E-state index is 11.8. The number of aliphatic hydroxyl groups is 2. The molecule has 0 heterocycles. The van der Waals surface area contributed by atoms with Crippen molar-refractivity contribution in [2.75, 3.05) is 13.6 Å². The smallest absolute Gasteiger partial charge is 0.163 e. The van der Waals surface area contributed by atoms with Gasteiger partial charge in [0.05, 0.1) is 6.10 Å². The molecule has 2 atom stereocenters. The highest BCUT2D eigenvalue weighted by Gasteiger charge is 2.22. The third-order valence-electron chi connectivity index (χ3n) is 3.40. The molecule has 0 aliphatic heterocycles. The van der Waals surface area contributed by atoms with Gasteiger partial charge in [-0.1, -0.05) is 12.1 Å². The van der Waals surface area contributed by atoms with Gasteiger partial charge in [-0.05, 0) is 37.1 Å². The van der Waals surface area contributed by atoms with Crippen LogP contribution in [0, 0.1) is 0 Å². The van der Waals surface area contributed by atoms with Gasteiger partial charge < -0.3 is 15.5 Å². The lowest BCUT2D eigenvalue weighted by atomic mass is 9.88. The topological polar surface area (TPSA) is 69.6 Å². The van der Waals surface area contributed by atoms with E-state index in [2.05, 4.69) is 5.32 Å². The monoisotopic (exact) mass is 249 g/mol. The largest absolute Gasteiger partial charge is 0.389 e. The van der Waals surface area contributed by atoms with Crippen molar-refractivity contribution >= 4 is 5.78 Å². The van der Waals surface area contributed by atoms with Crippen molar-refractivity contribution in [2.45, 2.75) is 31.5 Å². The van der Waals surface area contributed by atoms with E-state index >= 15 is 0 Å². The fraction of sp³-hybridized carbons (Fsp3) is 0.500. The van der Waals surface area contributed by atoms with Crippen LogP contribution in [0.25, 0.3) is 0 Å². The summed E-state index contributed by atoms with van der Waals surface area (Å²) in [7, 11) is 1.71. The van der Waals surface area contributed by atoms with E-state index in [9.17, 15) is 15.0 Å². The minimum atomic E-state index is -0.961. The maximum absolute atomic E-state index is 11.8. The predicted molar refractivity (Wildman–Crippen MR) is 68.6 cm³/mol. The lowest BCUT2D eigenvalue weighted by Crippen LogP contribution is -2.29. The van der Waals surface area contributed by atoms with E-state index in [0.717, 1.165) is 18.4 Å². The van der Waals surface area contributed by atoms with Crippen molar-refractivity contribution in [1.82, 2.24) is 5.32 Å². The lowest BCUT2D eigenvalue weighted by Gasteiger charge is -2.21. The Kier molecular flexibility index (Phi) is 4.11. The van der Waals surface area contributed by atoms with Gasteiger partial charge in [-0.3, -0.25) is 4.79 Å². The summed E-state index contributed by atoms with van der Waals surface area (Å²) < 4.78 is 0. The van der Waals surface area contributed by atoms with Crippen LogP contribution in [0.5, 0.6) is 0 Å². The first-order chi connectivity index (χ1) is 8.63. The van der Waals surface area contributed by atoms with Crippen molar-refractivity contribution in [3.63, 3.8) is 0 Å². The molecular formula is C14H19NO3. The number of aliphatic hydroxyl groups excluding tert-OH is 2. The molecule has 4 heteroatoms. The second-order valence-corrected chi connectivity index (χ2v) is 4.76. The minimum absolute atomic E-state index is 0.133. The molecule has 2 unspecified atom stereocenters. The highest BCUT2D eigenvalue weighted by atomic mass is 16.3. The van der Waals surface area contributed by atoms with Crippen LogP contribution in [0.15, 0.2) is 18.2 Å². The number of rotatable bonds is 4. The van der Waals surface area contributed by atoms with Gasteiger partial charge in [-0.15, -0.1) is 0 Å². The molecule has 1 aliphatic rings. The van der Waals surface area contributed by atoms with Crippen LogP contribution >= 0.6 is 0 Å². The average molecular weight is 249 g/mol. The summed E-state index contributed by atoms with van der Waals surface area (Å²) in [6.45, 7) is 0.312. The summed E-state index contributed by atoms with van der Waals surface area (Å²) in [6, 6.07) is 5.40. The number of likely N-dealkylation sites (N-methyl/N-ethyl adjacent to an activating group) is 1. The standard InChI is InChI=1S/C14H19NO3/c1-15-8-13(17)14(18)10-6-5-9-3-2-4-12(16)11(9)7-10/h5-7,13-15,17-18H,2-4,8H2,1H3. The fourth-order valence-corrected chi connectivity index (χ4v) is 2.37. The quantitative estimate of drug-likeness (QED) is 0.739.